The Labute approximate surface area is 202 Å². The van der Waals surface area contributed by atoms with Crippen molar-refractivity contribution in [1.82, 2.24) is 5.32 Å². The lowest BCUT2D eigenvalue weighted by Crippen LogP contribution is -2.65. The number of oxime groups is 1. The van der Waals surface area contributed by atoms with Crippen molar-refractivity contribution in [3.8, 4) is 0 Å². The lowest BCUT2D eigenvalue weighted by molar-refractivity contribution is -0.143. The molecule has 2 unspecified atom stereocenters. The van der Waals surface area contributed by atoms with E-state index in [9.17, 15) is 10.0 Å². The van der Waals surface area contributed by atoms with E-state index in [0.29, 0.717) is 18.7 Å². The van der Waals surface area contributed by atoms with Gasteiger partial charge in [-0.1, -0.05) is 41.6 Å². The number of anilines is 2. The molecular weight excluding hydrogens is 444 g/mol. The number of ether oxygens (including phenoxy) is 2. The predicted molar refractivity (Wildman–Crippen MR) is 130 cm³/mol. The van der Waals surface area contributed by atoms with Crippen LogP contribution in [0.15, 0.2) is 64.8 Å². The molecule has 5 aliphatic heterocycles. The number of methoxy groups -OCH3 is 1. The molecule has 35 heavy (non-hydrogen) atoms. The zero-order valence-electron chi connectivity index (χ0n) is 19.4. The van der Waals surface area contributed by atoms with Gasteiger partial charge in [0.05, 0.1) is 23.4 Å². The summed E-state index contributed by atoms with van der Waals surface area (Å²) < 4.78 is 12.9. The van der Waals surface area contributed by atoms with Crippen LogP contribution < -0.4 is 15.1 Å². The average Bonchev–Trinajstić information content (AvgIpc) is 3.51. The van der Waals surface area contributed by atoms with Gasteiger partial charge in [0.15, 0.2) is 5.72 Å². The number of nitrogens with zero attached hydrogens (tertiary/aromatic N) is 3. The highest BCUT2D eigenvalue weighted by atomic mass is 16.6. The second-order valence-electron chi connectivity index (χ2n) is 10.1. The normalized spacial score (nSPS) is 34.6. The summed E-state index contributed by atoms with van der Waals surface area (Å²) in [6, 6.07) is 16.4. The Hall–Kier alpha value is -3.62. The quantitative estimate of drug-likeness (QED) is 0.495. The first-order valence-corrected chi connectivity index (χ1v) is 12.0. The molecule has 1 aliphatic carbocycles. The lowest BCUT2D eigenvalue weighted by atomic mass is 9.78. The molecule has 0 radical (unpaired) electrons. The minimum Gasteiger partial charge on any atom is -0.411 e. The van der Waals surface area contributed by atoms with Gasteiger partial charge in [-0.3, -0.25) is 4.79 Å². The SMILES string of the molecule is CO[C@H]1/C(=N\O)C[C@@H]2O[C@@]1(C)N1c3ccccc3C3=C4CNC(=O)C4=C4c5ccccc5N2C4C31. The van der Waals surface area contributed by atoms with E-state index in [-0.39, 0.29) is 24.2 Å². The van der Waals surface area contributed by atoms with Gasteiger partial charge >= 0.3 is 0 Å². The Bertz CT molecular complexity index is 1440. The zero-order chi connectivity index (χ0) is 23.6. The highest BCUT2D eigenvalue weighted by Crippen LogP contribution is 2.61. The Morgan fingerprint density at radius 2 is 1.80 bits per heavy atom. The van der Waals surface area contributed by atoms with Crippen LogP contribution in [-0.2, 0) is 14.3 Å². The van der Waals surface area contributed by atoms with Crippen molar-refractivity contribution in [2.75, 3.05) is 23.5 Å². The number of amides is 1. The van der Waals surface area contributed by atoms with Crippen molar-refractivity contribution in [2.45, 2.75) is 43.5 Å². The highest BCUT2D eigenvalue weighted by Gasteiger charge is 2.65. The topological polar surface area (TPSA) is 86.6 Å². The fourth-order valence-electron chi connectivity index (χ4n) is 7.56. The predicted octanol–water partition coefficient (Wildman–Crippen LogP) is 2.74. The molecule has 2 aromatic rings. The van der Waals surface area contributed by atoms with Crippen molar-refractivity contribution in [1.29, 1.82) is 0 Å². The fourth-order valence-corrected chi connectivity index (χ4v) is 7.56. The van der Waals surface area contributed by atoms with E-state index < -0.39 is 11.8 Å². The maximum absolute atomic E-state index is 13.3. The summed E-state index contributed by atoms with van der Waals surface area (Å²) in [4.78, 5) is 17.9. The van der Waals surface area contributed by atoms with E-state index in [1.165, 1.54) is 5.57 Å². The van der Waals surface area contributed by atoms with Gasteiger partial charge < -0.3 is 29.8 Å². The van der Waals surface area contributed by atoms with Crippen LogP contribution in [0.3, 0.4) is 0 Å². The van der Waals surface area contributed by atoms with E-state index in [1.54, 1.807) is 7.11 Å². The van der Waals surface area contributed by atoms with Crippen LogP contribution in [0.2, 0.25) is 0 Å². The van der Waals surface area contributed by atoms with Gasteiger partial charge in [0, 0.05) is 42.6 Å². The second kappa shape index (κ2) is 6.33. The number of hydrogen-bond acceptors (Lipinski definition) is 7. The third-order valence-corrected chi connectivity index (χ3v) is 8.64. The van der Waals surface area contributed by atoms with Gasteiger partial charge in [0.1, 0.15) is 12.3 Å². The molecule has 2 aromatic carbocycles. The van der Waals surface area contributed by atoms with Gasteiger partial charge in [-0.05, 0) is 35.8 Å². The van der Waals surface area contributed by atoms with Crippen molar-refractivity contribution in [3.05, 3.63) is 70.8 Å². The Balaban J connectivity index is 1.52. The van der Waals surface area contributed by atoms with Crippen molar-refractivity contribution >= 4 is 34.1 Å². The molecular formula is C27H24N4O4. The Morgan fingerprint density at radius 3 is 2.54 bits per heavy atom. The molecule has 176 valence electrons. The molecule has 5 atom stereocenters. The maximum atomic E-state index is 13.3. The summed E-state index contributed by atoms with van der Waals surface area (Å²) in [6.07, 6.45) is -0.543. The summed E-state index contributed by atoms with van der Waals surface area (Å²) in [5.74, 6) is -0.0136. The second-order valence-corrected chi connectivity index (χ2v) is 10.1. The third-order valence-electron chi connectivity index (χ3n) is 8.64. The van der Waals surface area contributed by atoms with E-state index in [4.69, 9.17) is 9.47 Å². The first kappa shape index (κ1) is 19.7. The fraction of sp³-hybridized carbons (Fsp3) is 0.333. The van der Waals surface area contributed by atoms with E-state index in [1.807, 2.05) is 31.2 Å². The number of carbonyl (C=O) groups excluding carboxylic acids is 1. The van der Waals surface area contributed by atoms with Gasteiger partial charge in [0.2, 0.25) is 0 Å². The average molecular weight is 469 g/mol. The number of rotatable bonds is 1. The molecule has 0 saturated carbocycles. The van der Waals surface area contributed by atoms with Crippen LogP contribution in [0.1, 0.15) is 24.5 Å². The number of para-hydroxylation sites is 2. The van der Waals surface area contributed by atoms with E-state index in [0.717, 1.165) is 39.2 Å². The van der Waals surface area contributed by atoms with Crippen LogP contribution in [0.4, 0.5) is 11.4 Å². The molecule has 0 aromatic heterocycles. The number of carbonyl (C=O) groups is 1. The van der Waals surface area contributed by atoms with E-state index in [2.05, 4.69) is 44.5 Å². The summed E-state index contributed by atoms with van der Waals surface area (Å²) in [7, 11) is 1.64. The Morgan fingerprint density at radius 1 is 1.09 bits per heavy atom. The molecule has 1 amide bonds. The molecule has 3 fully saturated rings. The summed E-state index contributed by atoms with van der Waals surface area (Å²) in [5.41, 5.74) is 8.00. The first-order valence-electron chi connectivity index (χ1n) is 12.0. The lowest BCUT2D eigenvalue weighted by Gasteiger charge is -2.49. The van der Waals surface area contributed by atoms with Crippen molar-refractivity contribution in [2.24, 2.45) is 5.16 Å². The summed E-state index contributed by atoms with van der Waals surface area (Å²) in [5, 5.41) is 16.9. The zero-order valence-corrected chi connectivity index (χ0v) is 19.4. The molecule has 6 aliphatic rings. The van der Waals surface area contributed by atoms with Crippen LogP contribution in [0.5, 0.6) is 0 Å². The highest BCUT2D eigenvalue weighted by molar-refractivity contribution is 6.18. The van der Waals surface area contributed by atoms with Crippen LogP contribution in [-0.4, -0.2) is 60.6 Å². The molecule has 2 N–H and O–H groups in total. The van der Waals surface area contributed by atoms with E-state index >= 15 is 0 Å². The Kier molecular flexibility index (Phi) is 3.55. The molecule has 0 spiro atoms. The molecule has 2 bridgehead atoms. The molecule has 8 heteroatoms. The number of hydrogen-bond donors (Lipinski definition) is 2. The summed E-state index contributed by atoms with van der Waals surface area (Å²) in [6.45, 7) is 2.55. The maximum Gasteiger partial charge on any atom is 0.252 e. The largest absolute Gasteiger partial charge is 0.411 e. The van der Waals surface area contributed by atoms with Crippen LogP contribution in [0, 0.1) is 0 Å². The van der Waals surface area contributed by atoms with Gasteiger partial charge in [0.25, 0.3) is 5.91 Å². The molecule has 8 rings (SSSR count). The van der Waals surface area contributed by atoms with Crippen molar-refractivity contribution in [3.63, 3.8) is 0 Å². The molecule has 3 saturated heterocycles. The van der Waals surface area contributed by atoms with Gasteiger partial charge in [-0.2, -0.15) is 0 Å². The molecule has 5 heterocycles. The number of benzene rings is 2. The number of nitrogens with one attached hydrogen (secondary N) is 1. The third kappa shape index (κ3) is 2.08. The van der Waals surface area contributed by atoms with Crippen LogP contribution >= 0.6 is 0 Å². The monoisotopic (exact) mass is 468 g/mol. The number of fused-ring (bicyclic) bond motifs is 11. The minimum atomic E-state index is -0.930. The smallest absolute Gasteiger partial charge is 0.252 e. The minimum absolute atomic E-state index is 0.0136. The molecule has 8 nitrogen and oxygen atoms in total. The van der Waals surface area contributed by atoms with Gasteiger partial charge in [-0.15, -0.1) is 0 Å². The van der Waals surface area contributed by atoms with Crippen LogP contribution in [0.25, 0.3) is 11.1 Å². The summed E-state index contributed by atoms with van der Waals surface area (Å²) >= 11 is 0. The first-order chi connectivity index (χ1) is 17.1. The standard InChI is InChI=1S/C27H24N4O4/c1-27-25(34-2)16(29-33)11-19(35-27)30-17-9-5-3-7-13(17)21-22-15(12-28-26(22)32)20-14-8-4-6-10-18(14)31(27)24(20)23(21)30/h3-10,19,23-25,33H,11-12H2,1-2H3,(H,28,32)/b29-16-/t19-,23?,24?,25-,27+/m0/s1. The van der Waals surface area contributed by atoms with Crippen molar-refractivity contribution < 1.29 is 19.5 Å². The van der Waals surface area contributed by atoms with Gasteiger partial charge in [-0.25, -0.2) is 0 Å².